The summed E-state index contributed by atoms with van der Waals surface area (Å²) in [4.78, 5) is 0. The number of allylic oxidation sites excluding steroid dienone is 1. The predicted molar refractivity (Wildman–Crippen MR) is 84.8 cm³/mol. The molecule has 0 aliphatic heterocycles. The molecule has 2 atom stereocenters. The zero-order chi connectivity index (χ0) is 14.7. The highest BCUT2D eigenvalue weighted by Crippen LogP contribution is 2.37. The van der Waals surface area contributed by atoms with Crippen LogP contribution in [0.15, 0.2) is 24.8 Å². The largest absolute Gasteiger partial charge is 0.417 e. The van der Waals surface area contributed by atoms with E-state index in [9.17, 15) is 5.11 Å². The Kier molecular flexibility index (Phi) is 5.21. The van der Waals surface area contributed by atoms with Crippen molar-refractivity contribution in [1.29, 1.82) is 0 Å². The van der Waals surface area contributed by atoms with E-state index < -0.39 is 13.9 Å². The fourth-order valence-electron chi connectivity index (χ4n) is 2.20. The summed E-state index contributed by atoms with van der Waals surface area (Å²) >= 11 is 0. The van der Waals surface area contributed by atoms with E-state index >= 15 is 0 Å². The summed E-state index contributed by atoms with van der Waals surface area (Å²) in [6, 6.07) is 0. The fourth-order valence-corrected chi connectivity index (χ4v) is 3.29. The van der Waals surface area contributed by atoms with E-state index in [2.05, 4.69) is 46.5 Å². The van der Waals surface area contributed by atoms with Crippen molar-refractivity contribution in [2.75, 3.05) is 6.61 Å². The van der Waals surface area contributed by atoms with Crippen LogP contribution in [-0.2, 0) is 4.43 Å². The topological polar surface area (TPSA) is 29.5 Å². The lowest BCUT2D eigenvalue weighted by atomic mass is 9.87. The van der Waals surface area contributed by atoms with Crippen LogP contribution < -0.4 is 0 Å². The summed E-state index contributed by atoms with van der Waals surface area (Å²) in [5.74, 6) is 0.271. The van der Waals surface area contributed by atoms with Crippen molar-refractivity contribution in [2.24, 2.45) is 5.92 Å². The molecule has 0 bridgehead atoms. The Labute approximate surface area is 119 Å². The Balaban J connectivity index is 2.35. The fraction of sp³-hybridized carbons (Fsp3) is 0.750. The molecule has 0 spiro atoms. The number of rotatable bonds is 6. The van der Waals surface area contributed by atoms with Crippen LogP contribution in [0, 0.1) is 5.92 Å². The van der Waals surface area contributed by atoms with Gasteiger partial charge in [0.2, 0.25) is 0 Å². The van der Waals surface area contributed by atoms with Crippen molar-refractivity contribution in [3.63, 3.8) is 0 Å². The molecule has 0 fully saturated rings. The van der Waals surface area contributed by atoms with Gasteiger partial charge in [-0.15, -0.1) is 0 Å². The Hall–Kier alpha value is -0.383. The number of aliphatic hydroxyl groups is 1. The molecule has 0 aromatic rings. The normalized spacial score (nSPS) is 27.8. The van der Waals surface area contributed by atoms with Crippen LogP contribution in [0.3, 0.4) is 0 Å². The van der Waals surface area contributed by atoms with Crippen molar-refractivity contribution in [1.82, 2.24) is 0 Å². The number of hydrogen-bond donors (Lipinski definition) is 1. The molecule has 1 rings (SSSR count). The van der Waals surface area contributed by atoms with Crippen LogP contribution in [0.5, 0.6) is 0 Å². The van der Waals surface area contributed by atoms with E-state index in [1.165, 1.54) is 0 Å². The van der Waals surface area contributed by atoms with Gasteiger partial charge in [0.25, 0.3) is 0 Å². The predicted octanol–water partition coefficient (Wildman–Crippen LogP) is 4.28. The van der Waals surface area contributed by atoms with E-state index in [1.54, 1.807) is 6.08 Å². The second-order valence-corrected chi connectivity index (χ2v) is 12.0. The molecule has 0 radical (unpaired) electrons. The van der Waals surface area contributed by atoms with Crippen LogP contribution >= 0.6 is 0 Å². The summed E-state index contributed by atoms with van der Waals surface area (Å²) < 4.78 is 6.17. The highest BCUT2D eigenvalue weighted by Gasteiger charge is 2.37. The third-order valence-electron chi connectivity index (χ3n) is 4.75. The molecule has 3 heteroatoms. The van der Waals surface area contributed by atoms with Gasteiger partial charge in [-0.05, 0) is 43.3 Å². The maximum absolute atomic E-state index is 10.3. The molecule has 0 unspecified atom stereocenters. The first-order chi connectivity index (χ1) is 8.62. The molecule has 0 saturated carbocycles. The molecule has 1 aliphatic carbocycles. The molecular formula is C16H30O2Si. The lowest BCUT2D eigenvalue weighted by Gasteiger charge is -2.36. The molecule has 1 aliphatic rings. The third kappa shape index (κ3) is 4.04. The maximum Gasteiger partial charge on any atom is 0.191 e. The zero-order valence-electron chi connectivity index (χ0n) is 13.2. The standard InChI is InChI=1S/C16H30O2Si/c1-7-16(17)12-8-10-14(16)11-9-13-18-19(5,6)15(2,3)4/h7-8,12,14,17H,1,9-11,13H2,2-6H3/t14-,16-/m1/s1. The first kappa shape index (κ1) is 16.7. The molecule has 110 valence electrons. The summed E-state index contributed by atoms with van der Waals surface area (Å²) in [5, 5.41) is 10.6. The van der Waals surface area contributed by atoms with Crippen LogP contribution in [0.25, 0.3) is 0 Å². The Bertz CT molecular complexity index is 341. The van der Waals surface area contributed by atoms with Crippen molar-refractivity contribution >= 4 is 8.32 Å². The van der Waals surface area contributed by atoms with Crippen molar-refractivity contribution in [3.05, 3.63) is 24.8 Å². The summed E-state index contributed by atoms with van der Waals surface area (Å²) in [6.45, 7) is 15.9. The van der Waals surface area contributed by atoms with Crippen LogP contribution in [0.2, 0.25) is 18.1 Å². The molecule has 0 aromatic carbocycles. The number of hydrogen-bond acceptors (Lipinski definition) is 2. The average Bonchev–Trinajstić information content (AvgIpc) is 2.66. The lowest BCUT2D eigenvalue weighted by molar-refractivity contribution is 0.0788. The van der Waals surface area contributed by atoms with Gasteiger partial charge in [0.05, 0.1) is 0 Å². The molecule has 0 heterocycles. The summed E-state index contributed by atoms with van der Waals surface area (Å²) in [5.41, 5.74) is -0.795. The average molecular weight is 282 g/mol. The van der Waals surface area contributed by atoms with E-state index in [0.29, 0.717) is 0 Å². The molecule has 2 nitrogen and oxygen atoms in total. The van der Waals surface area contributed by atoms with Crippen molar-refractivity contribution < 1.29 is 9.53 Å². The van der Waals surface area contributed by atoms with Crippen LogP contribution in [0.4, 0.5) is 0 Å². The third-order valence-corrected chi connectivity index (χ3v) is 9.29. The first-order valence-electron chi connectivity index (χ1n) is 7.30. The molecule has 0 amide bonds. The van der Waals surface area contributed by atoms with Crippen LogP contribution in [-0.4, -0.2) is 25.6 Å². The monoisotopic (exact) mass is 282 g/mol. The minimum Gasteiger partial charge on any atom is -0.417 e. The molecule has 0 aromatic heterocycles. The molecule has 19 heavy (non-hydrogen) atoms. The van der Waals surface area contributed by atoms with E-state index in [0.717, 1.165) is 25.9 Å². The molecule has 0 saturated heterocycles. The van der Waals surface area contributed by atoms with Gasteiger partial charge >= 0.3 is 0 Å². The van der Waals surface area contributed by atoms with Gasteiger partial charge < -0.3 is 9.53 Å². The minimum absolute atomic E-state index is 0.268. The Morgan fingerprint density at radius 3 is 2.63 bits per heavy atom. The van der Waals surface area contributed by atoms with Gasteiger partial charge in [0.15, 0.2) is 8.32 Å². The highest BCUT2D eigenvalue weighted by molar-refractivity contribution is 6.74. The van der Waals surface area contributed by atoms with Gasteiger partial charge in [-0.3, -0.25) is 0 Å². The minimum atomic E-state index is -1.62. The smallest absolute Gasteiger partial charge is 0.191 e. The van der Waals surface area contributed by atoms with Crippen molar-refractivity contribution in [3.8, 4) is 0 Å². The maximum atomic E-state index is 10.3. The summed E-state index contributed by atoms with van der Waals surface area (Å²) in [6.07, 6.45) is 8.54. The Morgan fingerprint density at radius 1 is 1.47 bits per heavy atom. The van der Waals surface area contributed by atoms with E-state index in [-0.39, 0.29) is 11.0 Å². The second kappa shape index (κ2) is 5.94. The molecule has 1 N–H and O–H groups in total. The zero-order valence-corrected chi connectivity index (χ0v) is 14.2. The van der Waals surface area contributed by atoms with Gasteiger partial charge in [-0.25, -0.2) is 0 Å². The highest BCUT2D eigenvalue weighted by atomic mass is 28.4. The van der Waals surface area contributed by atoms with Gasteiger partial charge in [0, 0.05) is 6.61 Å². The SMILES string of the molecule is C=C[C@@]1(O)C=CC[C@@H]1CCCO[Si](C)(C)C(C)(C)C. The summed E-state index contributed by atoms with van der Waals surface area (Å²) in [7, 11) is -1.62. The van der Waals surface area contributed by atoms with Gasteiger partial charge in [-0.2, -0.15) is 0 Å². The van der Waals surface area contributed by atoms with E-state index in [4.69, 9.17) is 4.43 Å². The van der Waals surface area contributed by atoms with E-state index in [1.807, 2.05) is 6.08 Å². The Morgan fingerprint density at radius 2 is 2.11 bits per heavy atom. The van der Waals surface area contributed by atoms with Gasteiger partial charge in [-0.1, -0.05) is 45.6 Å². The molecular weight excluding hydrogens is 252 g/mol. The first-order valence-corrected chi connectivity index (χ1v) is 10.2. The van der Waals surface area contributed by atoms with Crippen molar-refractivity contribution in [2.45, 2.75) is 63.8 Å². The van der Waals surface area contributed by atoms with Crippen LogP contribution in [0.1, 0.15) is 40.0 Å². The second-order valence-electron chi connectivity index (χ2n) is 7.18. The quantitative estimate of drug-likeness (QED) is 0.447. The van der Waals surface area contributed by atoms with Gasteiger partial charge in [0.1, 0.15) is 5.60 Å². The lowest BCUT2D eigenvalue weighted by Crippen LogP contribution is -2.41.